The molecule has 0 aliphatic heterocycles. The lowest BCUT2D eigenvalue weighted by Gasteiger charge is -2.19. The van der Waals surface area contributed by atoms with Crippen LogP contribution in [0.2, 0.25) is 5.02 Å². The lowest BCUT2D eigenvalue weighted by atomic mass is 10.1. The molecule has 0 aliphatic rings. The zero-order valence-electron chi connectivity index (χ0n) is 10.0. The van der Waals surface area contributed by atoms with Crippen molar-refractivity contribution in [2.45, 2.75) is 6.04 Å². The van der Waals surface area contributed by atoms with Gasteiger partial charge in [0, 0.05) is 16.7 Å². The average Bonchev–Trinajstić information content (AvgIpc) is 2.41. The van der Waals surface area contributed by atoms with Crippen LogP contribution in [-0.2, 0) is 0 Å². The van der Waals surface area contributed by atoms with Crippen molar-refractivity contribution in [2.75, 3.05) is 11.9 Å². The number of rotatable bonds is 4. The predicted octanol–water partition coefficient (Wildman–Crippen LogP) is 4.35. The van der Waals surface area contributed by atoms with Crippen LogP contribution >= 0.6 is 27.5 Å². The fourth-order valence-electron chi connectivity index (χ4n) is 1.75. The molecule has 1 unspecified atom stereocenters. The molecule has 19 heavy (non-hydrogen) atoms. The third-order valence-electron chi connectivity index (χ3n) is 2.77. The second kappa shape index (κ2) is 6.37. The van der Waals surface area contributed by atoms with Crippen LogP contribution in [0.3, 0.4) is 0 Å². The molecule has 0 saturated heterocycles. The normalized spacial score (nSPS) is 12.2. The maximum absolute atomic E-state index is 12.9. The zero-order valence-corrected chi connectivity index (χ0v) is 12.4. The minimum Gasteiger partial charge on any atom is -0.377 e. The van der Waals surface area contributed by atoms with Crippen LogP contribution in [0.1, 0.15) is 11.6 Å². The van der Waals surface area contributed by atoms with E-state index in [9.17, 15) is 4.39 Å². The van der Waals surface area contributed by atoms with E-state index in [-0.39, 0.29) is 11.9 Å². The summed E-state index contributed by atoms with van der Waals surface area (Å²) in [7, 11) is 0. The van der Waals surface area contributed by atoms with E-state index in [1.54, 1.807) is 12.1 Å². The summed E-state index contributed by atoms with van der Waals surface area (Å²) in [5.41, 5.74) is 7.58. The smallest absolute Gasteiger partial charge is 0.123 e. The van der Waals surface area contributed by atoms with Crippen molar-refractivity contribution in [3.63, 3.8) is 0 Å². The molecule has 0 amide bonds. The molecule has 0 spiro atoms. The van der Waals surface area contributed by atoms with Crippen LogP contribution in [-0.4, -0.2) is 6.54 Å². The van der Waals surface area contributed by atoms with Crippen molar-refractivity contribution in [3.8, 4) is 0 Å². The van der Waals surface area contributed by atoms with E-state index in [1.165, 1.54) is 12.1 Å². The van der Waals surface area contributed by atoms with Crippen molar-refractivity contribution in [1.82, 2.24) is 0 Å². The fourth-order valence-corrected chi connectivity index (χ4v) is 2.19. The fraction of sp³-hybridized carbons (Fsp3) is 0.143. The second-order valence-corrected chi connectivity index (χ2v) is 5.37. The van der Waals surface area contributed by atoms with E-state index in [2.05, 4.69) is 21.2 Å². The predicted molar refractivity (Wildman–Crippen MR) is 81.0 cm³/mol. The van der Waals surface area contributed by atoms with Gasteiger partial charge in [-0.15, -0.1) is 0 Å². The van der Waals surface area contributed by atoms with Crippen molar-refractivity contribution < 1.29 is 4.39 Å². The zero-order chi connectivity index (χ0) is 13.8. The van der Waals surface area contributed by atoms with Crippen LogP contribution in [0.5, 0.6) is 0 Å². The molecule has 0 bridgehead atoms. The SMILES string of the molecule is NCC(Nc1ccc(F)cc1)c1ccc(Br)c(Cl)c1. The van der Waals surface area contributed by atoms with Gasteiger partial charge in [-0.25, -0.2) is 4.39 Å². The van der Waals surface area contributed by atoms with E-state index in [0.29, 0.717) is 11.6 Å². The van der Waals surface area contributed by atoms with Gasteiger partial charge in [0.2, 0.25) is 0 Å². The molecule has 2 nitrogen and oxygen atoms in total. The Balaban J connectivity index is 2.19. The van der Waals surface area contributed by atoms with Crippen LogP contribution in [0, 0.1) is 5.82 Å². The third kappa shape index (κ3) is 3.69. The summed E-state index contributed by atoms with van der Waals surface area (Å²) in [6.45, 7) is 0.412. The summed E-state index contributed by atoms with van der Waals surface area (Å²) >= 11 is 9.42. The first kappa shape index (κ1) is 14.3. The molecular formula is C14H13BrClFN2. The highest BCUT2D eigenvalue weighted by Crippen LogP contribution is 2.27. The maximum Gasteiger partial charge on any atom is 0.123 e. The topological polar surface area (TPSA) is 38.0 Å². The Morgan fingerprint density at radius 2 is 1.89 bits per heavy atom. The largest absolute Gasteiger partial charge is 0.377 e. The summed E-state index contributed by atoms with van der Waals surface area (Å²) in [5.74, 6) is -0.262. The van der Waals surface area contributed by atoms with Crippen molar-refractivity contribution in [3.05, 3.63) is 63.3 Å². The summed E-state index contributed by atoms with van der Waals surface area (Å²) < 4.78 is 13.7. The van der Waals surface area contributed by atoms with Gasteiger partial charge in [-0.05, 0) is 57.9 Å². The first-order valence-electron chi connectivity index (χ1n) is 5.77. The van der Waals surface area contributed by atoms with E-state index in [0.717, 1.165) is 15.7 Å². The molecule has 0 radical (unpaired) electrons. The van der Waals surface area contributed by atoms with Crippen molar-refractivity contribution >= 4 is 33.2 Å². The second-order valence-electron chi connectivity index (χ2n) is 4.11. The highest BCUT2D eigenvalue weighted by molar-refractivity contribution is 9.10. The average molecular weight is 344 g/mol. The molecule has 2 aromatic carbocycles. The van der Waals surface area contributed by atoms with E-state index >= 15 is 0 Å². The van der Waals surface area contributed by atoms with Crippen LogP contribution < -0.4 is 11.1 Å². The highest BCUT2D eigenvalue weighted by Gasteiger charge is 2.11. The molecule has 1 atom stereocenters. The molecule has 2 rings (SSSR count). The van der Waals surface area contributed by atoms with Crippen molar-refractivity contribution in [2.24, 2.45) is 5.73 Å². The van der Waals surface area contributed by atoms with Gasteiger partial charge in [-0.3, -0.25) is 0 Å². The molecule has 5 heteroatoms. The van der Waals surface area contributed by atoms with E-state index < -0.39 is 0 Å². The van der Waals surface area contributed by atoms with Gasteiger partial charge >= 0.3 is 0 Å². The first-order valence-corrected chi connectivity index (χ1v) is 6.94. The minimum absolute atomic E-state index is 0.0731. The Bertz CT molecular complexity index is 560. The maximum atomic E-state index is 12.9. The van der Waals surface area contributed by atoms with Crippen LogP contribution in [0.15, 0.2) is 46.9 Å². The third-order valence-corrected chi connectivity index (χ3v) is 4.00. The number of halogens is 3. The lowest BCUT2D eigenvalue weighted by molar-refractivity contribution is 0.628. The molecule has 0 saturated carbocycles. The Labute approximate surface area is 124 Å². The lowest BCUT2D eigenvalue weighted by Crippen LogP contribution is -2.20. The first-order chi connectivity index (χ1) is 9.10. The minimum atomic E-state index is -0.262. The number of benzene rings is 2. The van der Waals surface area contributed by atoms with E-state index in [1.807, 2.05) is 18.2 Å². The Kier molecular flexibility index (Phi) is 4.80. The van der Waals surface area contributed by atoms with Gasteiger partial charge in [0.05, 0.1) is 11.1 Å². The summed E-state index contributed by atoms with van der Waals surface area (Å²) in [4.78, 5) is 0. The van der Waals surface area contributed by atoms with Gasteiger partial charge in [0.15, 0.2) is 0 Å². The van der Waals surface area contributed by atoms with Gasteiger partial charge < -0.3 is 11.1 Å². The molecule has 0 fully saturated rings. The van der Waals surface area contributed by atoms with Gasteiger partial charge in [0.1, 0.15) is 5.82 Å². The summed E-state index contributed by atoms with van der Waals surface area (Å²) in [6, 6.07) is 11.8. The molecule has 0 aromatic heterocycles. The number of nitrogens with one attached hydrogen (secondary N) is 1. The Morgan fingerprint density at radius 1 is 1.21 bits per heavy atom. The molecule has 3 N–H and O–H groups in total. The number of hydrogen-bond acceptors (Lipinski definition) is 2. The molecule has 0 heterocycles. The molecule has 2 aromatic rings. The van der Waals surface area contributed by atoms with Crippen LogP contribution in [0.25, 0.3) is 0 Å². The quantitative estimate of drug-likeness (QED) is 0.866. The molecular weight excluding hydrogens is 331 g/mol. The molecule has 0 aliphatic carbocycles. The molecule has 100 valence electrons. The number of hydrogen-bond donors (Lipinski definition) is 2. The standard InChI is InChI=1S/C14H13BrClFN2/c15-12-6-1-9(7-13(12)16)14(8-18)19-11-4-2-10(17)3-5-11/h1-7,14,19H,8,18H2. The Hall–Kier alpha value is -1.10. The highest BCUT2D eigenvalue weighted by atomic mass is 79.9. The summed E-state index contributed by atoms with van der Waals surface area (Å²) in [5, 5.41) is 3.89. The van der Waals surface area contributed by atoms with Crippen LogP contribution in [0.4, 0.5) is 10.1 Å². The number of anilines is 1. The monoisotopic (exact) mass is 342 g/mol. The van der Waals surface area contributed by atoms with Gasteiger partial charge in [0.25, 0.3) is 0 Å². The van der Waals surface area contributed by atoms with Crippen molar-refractivity contribution in [1.29, 1.82) is 0 Å². The number of nitrogens with two attached hydrogens (primary N) is 1. The van der Waals surface area contributed by atoms with Gasteiger partial charge in [-0.1, -0.05) is 17.7 Å². The Morgan fingerprint density at radius 3 is 2.47 bits per heavy atom. The van der Waals surface area contributed by atoms with Gasteiger partial charge in [-0.2, -0.15) is 0 Å². The summed E-state index contributed by atoms with van der Waals surface area (Å²) in [6.07, 6.45) is 0. The van der Waals surface area contributed by atoms with E-state index in [4.69, 9.17) is 17.3 Å².